The van der Waals surface area contributed by atoms with E-state index in [9.17, 15) is 0 Å². The monoisotopic (exact) mass is 984 g/mol. The Morgan fingerprint density at radius 3 is 1.74 bits per heavy atom. The smallest absolute Gasteiger partial charge is 0.0554 e. The summed E-state index contributed by atoms with van der Waals surface area (Å²) >= 11 is 3.68. The Morgan fingerprint density at radius 2 is 1.00 bits per heavy atom. The lowest BCUT2D eigenvalue weighted by Crippen LogP contribution is -2.19. The van der Waals surface area contributed by atoms with Gasteiger partial charge in [0.15, 0.2) is 0 Å². The zero-order valence-electron chi connectivity index (χ0n) is 41.4. The van der Waals surface area contributed by atoms with Crippen LogP contribution in [0.1, 0.15) is 36.1 Å². The lowest BCUT2D eigenvalue weighted by molar-refractivity contribution is 1.17. The maximum absolute atomic E-state index is 4.89. The number of nitrogens with zero attached hydrogens (tertiary/aromatic N) is 2. The summed E-state index contributed by atoms with van der Waals surface area (Å²) < 4.78 is 5.05. The quantitative estimate of drug-likeness (QED) is 0.106. The van der Waals surface area contributed by atoms with E-state index < -0.39 is 0 Å². The highest BCUT2D eigenvalue weighted by atomic mass is 32.1. The number of para-hydroxylation sites is 1. The van der Waals surface area contributed by atoms with Gasteiger partial charge in [-0.3, -0.25) is 0 Å². The minimum absolute atomic E-state index is 0.888. The normalized spacial score (nSPS) is 12.1. The Kier molecular flexibility index (Phi) is 12.5. The van der Waals surface area contributed by atoms with Crippen molar-refractivity contribution in [1.82, 2.24) is 0 Å². The molecule has 4 heteroatoms. The largest absolute Gasteiger partial charge is 0.314 e. The van der Waals surface area contributed by atoms with Gasteiger partial charge in [-0.2, -0.15) is 0 Å². The molecule has 0 radical (unpaired) electrons. The molecule has 2 nitrogen and oxygen atoms in total. The van der Waals surface area contributed by atoms with Crippen molar-refractivity contribution in [3.8, 4) is 11.1 Å². The molecule has 10 aromatic carbocycles. The minimum atomic E-state index is 0.888. The third kappa shape index (κ3) is 8.54. The van der Waals surface area contributed by atoms with Crippen LogP contribution in [0.25, 0.3) is 79.1 Å². The molecule has 74 heavy (non-hydrogen) atoms. The summed E-state index contributed by atoms with van der Waals surface area (Å²) in [4.78, 5) is 4.73. The number of benzene rings is 10. The van der Waals surface area contributed by atoms with E-state index in [0.29, 0.717) is 0 Å². The topological polar surface area (TPSA) is 6.48 Å². The van der Waals surface area contributed by atoms with E-state index in [1.807, 2.05) is 22.7 Å². The number of hydrogen-bond acceptors (Lipinski definition) is 4. The van der Waals surface area contributed by atoms with Crippen molar-refractivity contribution in [2.45, 2.75) is 13.8 Å². The highest BCUT2D eigenvalue weighted by molar-refractivity contribution is 7.26. The molecule has 0 bridgehead atoms. The van der Waals surface area contributed by atoms with Crippen molar-refractivity contribution in [3.05, 3.63) is 296 Å². The zero-order valence-corrected chi connectivity index (χ0v) is 43.0. The van der Waals surface area contributed by atoms with Gasteiger partial charge < -0.3 is 9.80 Å². The lowest BCUT2D eigenvalue weighted by atomic mass is 9.92. The Bertz CT molecular complexity index is 4190. The van der Waals surface area contributed by atoms with Crippen molar-refractivity contribution >= 4 is 113 Å². The Morgan fingerprint density at radius 1 is 0.446 bits per heavy atom. The molecule has 0 saturated heterocycles. The molecule has 2 heterocycles. The second kappa shape index (κ2) is 20.0. The van der Waals surface area contributed by atoms with Crippen LogP contribution in [0.5, 0.6) is 0 Å². The van der Waals surface area contributed by atoms with Crippen LogP contribution in [0.4, 0.5) is 22.7 Å². The van der Waals surface area contributed by atoms with Crippen LogP contribution in [0.15, 0.2) is 274 Å². The molecule has 354 valence electrons. The summed E-state index contributed by atoms with van der Waals surface area (Å²) in [5.41, 5.74) is 15.0. The van der Waals surface area contributed by atoms with Gasteiger partial charge in [-0.05, 0) is 107 Å². The van der Waals surface area contributed by atoms with Crippen molar-refractivity contribution in [3.63, 3.8) is 0 Å². The Labute approximate surface area is 441 Å². The highest BCUT2D eigenvalue weighted by Gasteiger charge is 2.23. The molecule has 0 aliphatic rings. The summed E-state index contributed by atoms with van der Waals surface area (Å²) in [7, 11) is 0. The molecule has 0 N–H and O–H groups in total. The fraction of sp³-hybridized carbons (Fsp3) is 0.0286. The second-order valence-electron chi connectivity index (χ2n) is 18.5. The van der Waals surface area contributed by atoms with Gasteiger partial charge in [0.2, 0.25) is 0 Å². The molecule has 0 spiro atoms. The fourth-order valence-corrected chi connectivity index (χ4v) is 12.9. The first kappa shape index (κ1) is 46.3. The van der Waals surface area contributed by atoms with Gasteiger partial charge in [-0.25, -0.2) is 0 Å². The van der Waals surface area contributed by atoms with E-state index in [0.717, 1.165) is 62.0 Å². The first-order valence-electron chi connectivity index (χ1n) is 25.1. The fourth-order valence-electron chi connectivity index (χ4n) is 10.6. The molecule has 0 saturated carbocycles. The number of rotatable bonds is 13. The molecule has 12 aromatic rings. The van der Waals surface area contributed by atoms with Crippen LogP contribution in [-0.4, -0.2) is 0 Å². The standard InChI is InChI=1S/C70H52N2S2/c1-5-55(52-27-10-7-11-28-52)58-31-13-12-30-57(58)49(4)71(54-43-44-61-60-33-17-20-37-66(60)73-68(61)45-54)48(3)24-22-23-47(2)56-29-16-19-36-64(56)72(53-41-39-51(40-42-53)50-25-8-6-9-26-50)65-46-69-70(62-34-15-14-32-59(62)65)63-35-18-21-38-67(63)74-69/h5-46H,2,4H2,1,3H3/b23-22-,48-24+,55-5-. The van der Waals surface area contributed by atoms with Crippen molar-refractivity contribution in [2.75, 3.05) is 9.80 Å². The lowest BCUT2D eigenvalue weighted by Gasteiger charge is -2.30. The van der Waals surface area contributed by atoms with E-state index in [-0.39, 0.29) is 0 Å². The minimum Gasteiger partial charge on any atom is -0.314 e. The molecular formula is C70H52N2S2. The van der Waals surface area contributed by atoms with Gasteiger partial charge in [0.25, 0.3) is 0 Å². The van der Waals surface area contributed by atoms with Gasteiger partial charge in [-0.1, -0.05) is 213 Å². The van der Waals surface area contributed by atoms with E-state index in [4.69, 9.17) is 13.2 Å². The molecule has 0 aliphatic heterocycles. The van der Waals surface area contributed by atoms with Crippen LogP contribution in [0, 0.1) is 0 Å². The van der Waals surface area contributed by atoms with E-state index in [2.05, 4.69) is 278 Å². The summed E-state index contributed by atoms with van der Waals surface area (Å²) in [5.74, 6) is 0. The number of allylic oxidation sites excluding steroid dienone is 6. The Balaban J connectivity index is 0.958. The maximum atomic E-state index is 4.89. The third-order valence-electron chi connectivity index (χ3n) is 14.1. The van der Waals surface area contributed by atoms with Crippen LogP contribution < -0.4 is 9.80 Å². The van der Waals surface area contributed by atoms with Gasteiger partial charge in [0.1, 0.15) is 0 Å². The van der Waals surface area contributed by atoms with E-state index >= 15 is 0 Å². The molecular weight excluding hydrogens is 933 g/mol. The van der Waals surface area contributed by atoms with Crippen LogP contribution >= 0.6 is 22.7 Å². The molecule has 0 unspecified atom stereocenters. The van der Waals surface area contributed by atoms with Gasteiger partial charge in [0.05, 0.1) is 11.4 Å². The van der Waals surface area contributed by atoms with E-state index in [1.54, 1.807) is 0 Å². The van der Waals surface area contributed by atoms with Gasteiger partial charge in [-0.15, -0.1) is 22.7 Å². The summed E-state index contributed by atoms with van der Waals surface area (Å²) in [6.07, 6.45) is 8.67. The highest BCUT2D eigenvalue weighted by Crippen LogP contribution is 2.48. The maximum Gasteiger partial charge on any atom is 0.0554 e. The SMILES string of the molecule is C=C(/C=C\C=C(/C)N(C(=C)c1ccccc1/C(=C\C)c1ccccc1)c1ccc2c(c1)sc1ccccc12)c1ccccc1N(c1ccc(-c2ccccc2)cc1)c1cc2sc3ccccc3c2c2ccccc12. The van der Waals surface area contributed by atoms with Crippen molar-refractivity contribution in [1.29, 1.82) is 0 Å². The average molecular weight is 985 g/mol. The first-order chi connectivity index (χ1) is 36.4. The summed E-state index contributed by atoms with van der Waals surface area (Å²) in [5, 5.41) is 7.55. The van der Waals surface area contributed by atoms with Crippen LogP contribution in [0.2, 0.25) is 0 Å². The predicted molar refractivity (Wildman–Crippen MR) is 325 cm³/mol. The number of thiophene rings is 2. The molecule has 12 rings (SSSR count). The summed E-state index contributed by atoms with van der Waals surface area (Å²) in [6.45, 7) is 14.0. The van der Waals surface area contributed by atoms with Crippen molar-refractivity contribution in [2.24, 2.45) is 0 Å². The Hall–Kier alpha value is -8.80. The number of anilines is 4. The number of hydrogen-bond donors (Lipinski definition) is 0. The number of fused-ring (bicyclic) bond motifs is 8. The molecule has 0 fully saturated rings. The van der Waals surface area contributed by atoms with Crippen LogP contribution in [-0.2, 0) is 0 Å². The van der Waals surface area contributed by atoms with Crippen molar-refractivity contribution < 1.29 is 0 Å². The third-order valence-corrected chi connectivity index (χ3v) is 16.4. The van der Waals surface area contributed by atoms with Crippen LogP contribution in [0.3, 0.4) is 0 Å². The molecule has 0 atom stereocenters. The molecule has 0 amide bonds. The predicted octanol–water partition coefficient (Wildman–Crippen LogP) is 20.8. The zero-order chi connectivity index (χ0) is 50.1. The van der Waals surface area contributed by atoms with Gasteiger partial charge in [0, 0.05) is 79.6 Å². The van der Waals surface area contributed by atoms with Gasteiger partial charge >= 0.3 is 0 Å². The first-order valence-corrected chi connectivity index (χ1v) is 26.7. The van der Waals surface area contributed by atoms with E-state index in [1.165, 1.54) is 67.8 Å². The summed E-state index contributed by atoms with van der Waals surface area (Å²) in [6, 6.07) is 83.0. The average Bonchev–Trinajstić information content (AvgIpc) is 4.04. The molecule has 0 aliphatic carbocycles. The molecule has 2 aromatic heterocycles. The second-order valence-corrected chi connectivity index (χ2v) is 20.7.